The summed E-state index contributed by atoms with van der Waals surface area (Å²) in [4.78, 5) is 22.2. The topological polar surface area (TPSA) is 77.2 Å². The smallest absolute Gasteiger partial charge is 0.323 e. The van der Waals surface area contributed by atoms with Crippen LogP contribution < -0.4 is 5.32 Å². The number of rotatable bonds is 5. The fraction of sp³-hybridized carbons (Fsp3) is 0.545. The average Bonchev–Trinajstić information content (AvgIpc) is 2.71. The lowest BCUT2D eigenvalue weighted by Crippen LogP contribution is -2.47. The first-order valence-corrected chi connectivity index (χ1v) is 6.06. The predicted octanol–water partition coefficient (Wildman–Crippen LogP) is 2.07. The largest absolute Gasteiger partial charge is 0.358 e. The lowest BCUT2D eigenvalue weighted by Gasteiger charge is -2.26. The molecule has 100 valence electrons. The van der Waals surface area contributed by atoms with Crippen LogP contribution in [-0.2, 0) is 7.05 Å². The van der Waals surface area contributed by atoms with Crippen LogP contribution in [0.15, 0.2) is 12.1 Å². The molecule has 18 heavy (non-hydrogen) atoms. The summed E-state index contributed by atoms with van der Waals surface area (Å²) in [6, 6.07) is 2.73. The molecule has 0 radical (unpaired) electrons. The fourth-order valence-corrected chi connectivity index (χ4v) is 1.72. The first-order valence-electron chi connectivity index (χ1n) is 5.53. The fourth-order valence-electron chi connectivity index (χ4n) is 1.47. The summed E-state index contributed by atoms with van der Waals surface area (Å²) >= 11 is 5.81. The van der Waals surface area contributed by atoms with Crippen LogP contribution in [0.1, 0.15) is 30.8 Å². The number of carbonyl (C=O) groups is 1. The minimum atomic E-state index is -0.530. The summed E-state index contributed by atoms with van der Waals surface area (Å²) in [6.07, 6.45) is 0.675. The quantitative estimate of drug-likeness (QED) is 0.507. The number of nitrogens with one attached hydrogen (secondary N) is 1. The lowest BCUT2D eigenvalue weighted by atomic mass is 10.0. The van der Waals surface area contributed by atoms with Gasteiger partial charge in [0.05, 0.1) is 12.6 Å². The van der Waals surface area contributed by atoms with Crippen LogP contribution in [0.2, 0.25) is 0 Å². The van der Waals surface area contributed by atoms with Gasteiger partial charge in [0.2, 0.25) is 0 Å². The molecule has 0 aliphatic rings. The van der Waals surface area contributed by atoms with Crippen molar-refractivity contribution in [1.29, 1.82) is 0 Å². The third kappa shape index (κ3) is 2.81. The molecule has 1 aromatic rings. The van der Waals surface area contributed by atoms with Crippen LogP contribution in [0.5, 0.6) is 0 Å². The van der Waals surface area contributed by atoms with Gasteiger partial charge in [-0.05, 0) is 24.3 Å². The van der Waals surface area contributed by atoms with E-state index in [9.17, 15) is 14.9 Å². The number of alkyl halides is 1. The summed E-state index contributed by atoms with van der Waals surface area (Å²) in [5.74, 6) is -0.207. The standard InChI is InChI=1S/C11H16ClN3O3/c1-4-11(2,7-12)13-10(16)8-5-6-9(14(8)3)15(17)18/h5-6H,4,7H2,1-3H3,(H,13,16). The van der Waals surface area contributed by atoms with Crippen LogP contribution in [0.4, 0.5) is 5.82 Å². The Balaban J connectivity index is 2.95. The Bertz CT molecular complexity index is 466. The highest BCUT2D eigenvalue weighted by Crippen LogP contribution is 2.17. The molecule has 1 atom stereocenters. The average molecular weight is 274 g/mol. The first kappa shape index (κ1) is 14.5. The van der Waals surface area contributed by atoms with Gasteiger partial charge in [0.15, 0.2) is 5.69 Å². The molecular weight excluding hydrogens is 258 g/mol. The van der Waals surface area contributed by atoms with Gasteiger partial charge in [-0.2, -0.15) is 0 Å². The number of hydrogen-bond donors (Lipinski definition) is 1. The summed E-state index contributed by atoms with van der Waals surface area (Å²) < 4.78 is 1.25. The molecule has 0 aromatic carbocycles. The Morgan fingerprint density at radius 2 is 2.22 bits per heavy atom. The number of aromatic nitrogens is 1. The third-order valence-corrected chi connectivity index (χ3v) is 3.60. The van der Waals surface area contributed by atoms with Gasteiger partial charge in [0.1, 0.15) is 0 Å². The van der Waals surface area contributed by atoms with Crippen molar-refractivity contribution in [3.8, 4) is 0 Å². The van der Waals surface area contributed by atoms with E-state index in [1.54, 1.807) is 0 Å². The maximum Gasteiger partial charge on any atom is 0.323 e. The van der Waals surface area contributed by atoms with Crippen molar-refractivity contribution >= 4 is 23.3 Å². The number of hydrogen-bond acceptors (Lipinski definition) is 3. The Morgan fingerprint density at radius 3 is 2.61 bits per heavy atom. The molecule has 1 unspecified atom stereocenters. The Morgan fingerprint density at radius 1 is 1.61 bits per heavy atom. The van der Waals surface area contributed by atoms with Crippen LogP contribution in [0, 0.1) is 10.1 Å². The highest BCUT2D eigenvalue weighted by molar-refractivity contribution is 6.18. The molecule has 0 bridgehead atoms. The normalized spacial score (nSPS) is 14.0. The van der Waals surface area contributed by atoms with Crippen molar-refractivity contribution in [3.05, 3.63) is 27.9 Å². The highest BCUT2D eigenvalue weighted by Gasteiger charge is 2.27. The van der Waals surface area contributed by atoms with Crippen LogP contribution in [0.25, 0.3) is 0 Å². The van der Waals surface area contributed by atoms with Gasteiger partial charge in [0.25, 0.3) is 5.91 Å². The van der Waals surface area contributed by atoms with Gasteiger partial charge < -0.3 is 15.4 Å². The van der Waals surface area contributed by atoms with Gasteiger partial charge in [-0.1, -0.05) is 6.92 Å². The second-order valence-electron chi connectivity index (χ2n) is 4.39. The Labute approximate surface area is 110 Å². The highest BCUT2D eigenvalue weighted by atomic mass is 35.5. The maximum absolute atomic E-state index is 12.0. The number of halogens is 1. The molecule has 0 saturated heterocycles. The van der Waals surface area contributed by atoms with E-state index in [0.29, 0.717) is 6.42 Å². The second-order valence-corrected chi connectivity index (χ2v) is 4.66. The van der Waals surface area contributed by atoms with Crippen LogP contribution in [0.3, 0.4) is 0 Å². The van der Waals surface area contributed by atoms with Gasteiger partial charge in [0, 0.05) is 11.9 Å². The molecule has 1 rings (SSSR count). The second kappa shape index (κ2) is 5.39. The van der Waals surface area contributed by atoms with E-state index in [-0.39, 0.29) is 23.3 Å². The van der Waals surface area contributed by atoms with E-state index >= 15 is 0 Å². The lowest BCUT2D eigenvalue weighted by molar-refractivity contribution is -0.391. The minimum Gasteiger partial charge on any atom is -0.358 e. The van der Waals surface area contributed by atoms with E-state index in [1.165, 1.54) is 23.7 Å². The summed E-state index contributed by atoms with van der Waals surface area (Å²) in [5.41, 5.74) is -0.274. The molecule has 6 nitrogen and oxygen atoms in total. The van der Waals surface area contributed by atoms with Crippen molar-refractivity contribution in [2.75, 3.05) is 5.88 Å². The van der Waals surface area contributed by atoms with Gasteiger partial charge in [-0.3, -0.25) is 4.79 Å². The minimum absolute atomic E-state index is 0.121. The van der Waals surface area contributed by atoms with Gasteiger partial charge >= 0.3 is 5.82 Å². The number of amides is 1. The molecular formula is C11H16ClN3O3. The first-order chi connectivity index (χ1) is 8.34. The van der Waals surface area contributed by atoms with Crippen LogP contribution in [-0.4, -0.2) is 26.8 Å². The molecule has 1 aromatic heterocycles. The monoisotopic (exact) mass is 273 g/mol. The van der Waals surface area contributed by atoms with Crippen molar-refractivity contribution in [3.63, 3.8) is 0 Å². The van der Waals surface area contributed by atoms with Gasteiger partial charge in [-0.15, -0.1) is 11.6 Å². The van der Waals surface area contributed by atoms with E-state index in [0.717, 1.165) is 0 Å². The van der Waals surface area contributed by atoms with Gasteiger partial charge in [-0.25, -0.2) is 4.57 Å². The maximum atomic E-state index is 12.0. The molecule has 0 fully saturated rings. The SMILES string of the molecule is CCC(C)(CCl)NC(=O)c1ccc([N+](=O)[O-])n1C. The van der Waals surface area contributed by atoms with Crippen molar-refractivity contribution in [1.82, 2.24) is 9.88 Å². The molecule has 0 saturated carbocycles. The zero-order valence-corrected chi connectivity index (χ0v) is 11.3. The zero-order valence-electron chi connectivity index (χ0n) is 10.6. The predicted molar refractivity (Wildman–Crippen MR) is 68.9 cm³/mol. The van der Waals surface area contributed by atoms with E-state index in [2.05, 4.69) is 5.32 Å². The molecule has 0 aliphatic carbocycles. The van der Waals surface area contributed by atoms with E-state index in [1.807, 2.05) is 13.8 Å². The van der Waals surface area contributed by atoms with E-state index in [4.69, 9.17) is 11.6 Å². The number of nitro groups is 1. The summed E-state index contributed by atoms with van der Waals surface area (Å²) in [7, 11) is 1.48. The molecule has 0 aliphatic heterocycles. The van der Waals surface area contributed by atoms with Crippen LogP contribution >= 0.6 is 11.6 Å². The van der Waals surface area contributed by atoms with Crippen molar-refractivity contribution in [2.45, 2.75) is 25.8 Å². The molecule has 1 N–H and O–H groups in total. The molecule has 7 heteroatoms. The summed E-state index contributed by atoms with van der Waals surface area (Å²) in [6.45, 7) is 3.74. The Kier molecular flexibility index (Phi) is 4.34. The van der Waals surface area contributed by atoms with E-state index < -0.39 is 10.5 Å². The zero-order chi connectivity index (χ0) is 13.9. The van der Waals surface area contributed by atoms with Crippen molar-refractivity contribution < 1.29 is 9.72 Å². The Hall–Kier alpha value is -1.56. The molecule has 1 heterocycles. The van der Waals surface area contributed by atoms with Crippen molar-refractivity contribution in [2.24, 2.45) is 7.05 Å². The number of nitrogens with zero attached hydrogens (tertiary/aromatic N) is 2. The number of carbonyl (C=O) groups excluding carboxylic acids is 1. The summed E-state index contributed by atoms with van der Waals surface area (Å²) in [5, 5.41) is 13.5. The molecule has 1 amide bonds. The molecule has 0 spiro atoms. The third-order valence-electron chi connectivity index (χ3n) is 3.01.